The highest BCUT2D eigenvalue weighted by Gasteiger charge is 2.23. The monoisotopic (exact) mass is 395 g/mol. The van der Waals surface area contributed by atoms with Crippen molar-refractivity contribution in [1.82, 2.24) is 8.87 Å². The summed E-state index contributed by atoms with van der Waals surface area (Å²) in [6.45, 7) is 0.0376. The van der Waals surface area contributed by atoms with Gasteiger partial charge in [-0.3, -0.25) is 0 Å². The van der Waals surface area contributed by atoms with Crippen LogP contribution in [0, 0.1) is 11.3 Å². The molecule has 0 bridgehead atoms. The first-order chi connectivity index (χ1) is 13.3. The van der Waals surface area contributed by atoms with E-state index in [-0.39, 0.29) is 17.0 Å². The van der Waals surface area contributed by atoms with Crippen LogP contribution in [0.25, 0.3) is 11.3 Å². The average molecular weight is 395 g/mol. The molecule has 0 atom stereocenters. The number of carboxylic acid groups (broad SMARTS) is 1. The van der Waals surface area contributed by atoms with E-state index in [1.54, 1.807) is 30.3 Å². The lowest BCUT2D eigenvalue weighted by Gasteiger charge is -2.11. The standard InChI is InChI=1S/C20H17N3O4S/c1-22(20(24)25)13-16-11-19(17-7-3-2-4-8-17)23(14-16)28(26,27)18-9-5-6-15(10-18)12-21/h2-11,14H,13H2,1H3,(H,24,25). The van der Waals surface area contributed by atoms with Gasteiger partial charge in [0, 0.05) is 13.2 Å². The third-order valence-electron chi connectivity index (χ3n) is 4.18. The first kappa shape index (κ1) is 19.2. The largest absolute Gasteiger partial charge is 0.465 e. The Morgan fingerprint density at radius 3 is 2.50 bits per heavy atom. The summed E-state index contributed by atoms with van der Waals surface area (Å²) < 4.78 is 27.6. The molecule has 0 unspecified atom stereocenters. The van der Waals surface area contributed by atoms with Gasteiger partial charge in [-0.25, -0.2) is 17.2 Å². The van der Waals surface area contributed by atoms with Crippen LogP contribution in [0.5, 0.6) is 0 Å². The van der Waals surface area contributed by atoms with E-state index in [0.717, 1.165) is 8.87 Å². The van der Waals surface area contributed by atoms with Crippen molar-refractivity contribution >= 4 is 16.1 Å². The van der Waals surface area contributed by atoms with Crippen molar-refractivity contribution in [3.05, 3.63) is 78.0 Å². The summed E-state index contributed by atoms with van der Waals surface area (Å²) in [6, 6.07) is 18.3. The lowest BCUT2D eigenvalue weighted by Crippen LogP contribution is -2.23. The molecule has 3 aromatic rings. The molecule has 0 fully saturated rings. The summed E-state index contributed by atoms with van der Waals surface area (Å²) in [7, 11) is -2.58. The summed E-state index contributed by atoms with van der Waals surface area (Å²) in [5, 5.41) is 18.2. The van der Waals surface area contributed by atoms with E-state index < -0.39 is 16.1 Å². The number of carbonyl (C=O) groups is 1. The lowest BCUT2D eigenvalue weighted by atomic mass is 10.1. The minimum Gasteiger partial charge on any atom is -0.465 e. The number of amides is 1. The molecular weight excluding hydrogens is 378 g/mol. The van der Waals surface area contributed by atoms with Gasteiger partial charge in [0.1, 0.15) is 0 Å². The van der Waals surface area contributed by atoms with Crippen molar-refractivity contribution in [3.63, 3.8) is 0 Å². The van der Waals surface area contributed by atoms with Gasteiger partial charge in [-0.15, -0.1) is 0 Å². The molecule has 0 saturated heterocycles. The average Bonchev–Trinajstić information content (AvgIpc) is 3.13. The molecule has 2 aromatic carbocycles. The van der Waals surface area contributed by atoms with Crippen molar-refractivity contribution in [2.75, 3.05) is 7.05 Å². The summed E-state index contributed by atoms with van der Waals surface area (Å²) >= 11 is 0. The van der Waals surface area contributed by atoms with Crippen molar-refractivity contribution in [3.8, 4) is 17.3 Å². The maximum atomic E-state index is 13.3. The maximum absolute atomic E-state index is 13.3. The first-order valence-electron chi connectivity index (χ1n) is 8.29. The topological polar surface area (TPSA) is 103 Å². The molecule has 0 aliphatic rings. The molecule has 1 N–H and O–H groups in total. The fourth-order valence-corrected chi connectivity index (χ4v) is 4.23. The third-order valence-corrected chi connectivity index (χ3v) is 5.85. The van der Waals surface area contributed by atoms with E-state index in [4.69, 9.17) is 10.4 Å². The highest BCUT2D eigenvalue weighted by atomic mass is 32.2. The molecule has 0 radical (unpaired) electrons. The van der Waals surface area contributed by atoms with Crippen LogP contribution >= 0.6 is 0 Å². The second kappa shape index (κ2) is 7.58. The van der Waals surface area contributed by atoms with Gasteiger partial charge in [0.05, 0.1) is 28.8 Å². The van der Waals surface area contributed by atoms with Gasteiger partial charge >= 0.3 is 6.09 Å². The Bertz CT molecular complexity index is 1160. The van der Waals surface area contributed by atoms with Crippen LogP contribution in [0.2, 0.25) is 0 Å². The molecule has 0 aliphatic heterocycles. The zero-order valence-corrected chi connectivity index (χ0v) is 15.8. The molecule has 1 aromatic heterocycles. The maximum Gasteiger partial charge on any atom is 0.407 e. The zero-order valence-electron chi connectivity index (χ0n) is 15.0. The second-order valence-corrected chi connectivity index (χ2v) is 7.99. The number of hydrogen-bond acceptors (Lipinski definition) is 4. The van der Waals surface area contributed by atoms with Gasteiger partial charge in [-0.1, -0.05) is 36.4 Å². The quantitative estimate of drug-likeness (QED) is 0.713. The van der Waals surface area contributed by atoms with Crippen molar-refractivity contribution in [2.45, 2.75) is 11.4 Å². The summed E-state index contributed by atoms with van der Waals surface area (Å²) in [4.78, 5) is 12.2. The number of benzene rings is 2. The molecule has 3 rings (SSSR count). The Balaban J connectivity index is 2.16. The van der Waals surface area contributed by atoms with Crippen molar-refractivity contribution in [2.24, 2.45) is 0 Å². The van der Waals surface area contributed by atoms with E-state index in [1.165, 1.54) is 37.5 Å². The van der Waals surface area contributed by atoms with Crippen LogP contribution < -0.4 is 0 Å². The fraction of sp³-hybridized carbons (Fsp3) is 0.100. The van der Waals surface area contributed by atoms with Crippen molar-refractivity contribution < 1.29 is 18.3 Å². The van der Waals surface area contributed by atoms with E-state index in [0.29, 0.717) is 16.8 Å². The van der Waals surface area contributed by atoms with Crippen LogP contribution in [-0.2, 0) is 16.6 Å². The second-order valence-electron chi connectivity index (χ2n) is 6.18. The molecule has 1 amide bonds. The van der Waals surface area contributed by atoms with Gasteiger partial charge in [-0.2, -0.15) is 5.26 Å². The highest BCUT2D eigenvalue weighted by Crippen LogP contribution is 2.28. The van der Waals surface area contributed by atoms with Crippen LogP contribution in [0.1, 0.15) is 11.1 Å². The Kier molecular flexibility index (Phi) is 5.20. The minimum atomic E-state index is -3.99. The van der Waals surface area contributed by atoms with Crippen molar-refractivity contribution in [1.29, 1.82) is 5.26 Å². The number of rotatable bonds is 5. The highest BCUT2D eigenvalue weighted by molar-refractivity contribution is 7.90. The van der Waals surface area contributed by atoms with E-state index in [9.17, 15) is 13.2 Å². The minimum absolute atomic E-state index is 0.0162. The number of hydrogen-bond donors (Lipinski definition) is 1. The Hall–Kier alpha value is -3.57. The Labute approximate surface area is 162 Å². The van der Waals surface area contributed by atoms with Crippen LogP contribution in [-0.4, -0.2) is 35.5 Å². The molecule has 1 heterocycles. The van der Waals surface area contributed by atoms with Crippen LogP contribution in [0.3, 0.4) is 0 Å². The third kappa shape index (κ3) is 3.75. The SMILES string of the molecule is CN(Cc1cc(-c2ccccc2)n(S(=O)(=O)c2cccc(C#N)c2)c1)C(=O)O. The Morgan fingerprint density at radius 1 is 1.14 bits per heavy atom. The summed E-state index contributed by atoms with van der Waals surface area (Å²) in [6.07, 6.45) is 0.300. The molecule has 7 nitrogen and oxygen atoms in total. The van der Waals surface area contributed by atoms with Gasteiger partial charge in [-0.05, 0) is 35.4 Å². The van der Waals surface area contributed by atoms with Crippen LogP contribution in [0.4, 0.5) is 4.79 Å². The number of nitrogens with zero attached hydrogens (tertiary/aromatic N) is 3. The molecule has 0 spiro atoms. The zero-order chi connectivity index (χ0) is 20.3. The fourth-order valence-electron chi connectivity index (χ4n) is 2.78. The molecule has 0 aliphatic carbocycles. The summed E-state index contributed by atoms with van der Waals surface area (Å²) in [5.74, 6) is 0. The van der Waals surface area contributed by atoms with Gasteiger partial charge in [0.15, 0.2) is 0 Å². The molecule has 28 heavy (non-hydrogen) atoms. The molecular formula is C20H17N3O4S. The van der Waals surface area contributed by atoms with E-state index in [2.05, 4.69) is 0 Å². The predicted molar refractivity (Wildman–Crippen MR) is 103 cm³/mol. The van der Waals surface area contributed by atoms with E-state index in [1.807, 2.05) is 12.1 Å². The lowest BCUT2D eigenvalue weighted by molar-refractivity contribution is 0.154. The van der Waals surface area contributed by atoms with E-state index >= 15 is 0 Å². The number of nitriles is 1. The smallest absolute Gasteiger partial charge is 0.407 e. The Morgan fingerprint density at radius 2 is 1.86 bits per heavy atom. The summed E-state index contributed by atoms with van der Waals surface area (Å²) in [5.41, 5.74) is 1.85. The van der Waals surface area contributed by atoms with Gasteiger partial charge in [0.25, 0.3) is 10.0 Å². The number of aromatic nitrogens is 1. The molecule has 8 heteroatoms. The van der Waals surface area contributed by atoms with Gasteiger partial charge < -0.3 is 10.0 Å². The predicted octanol–water partition coefficient (Wildman–Crippen LogP) is 3.37. The molecule has 0 saturated carbocycles. The normalized spacial score (nSPS) is 11.0. The van der Waals surface area contributed by atoms with Crippen LogP contribution in [0.15, 0.2) is 71.8 Å². The molecule has 142 valence electrons. The van der Waals surface area contributed by atoms with Gasteiger partial charge in [0.2, 0.25) is 0 Å². The first-order valence-corrected chi connectivity index (χ1v) is 9.73.